The van der Waals surface area contributed by atoms with Gasteiger partial charge in [0.1, 0.15) is 0 Å². The second-order valence-electron chi connectivity index (χ2n) is 7.52. The highest BCUT2D eigenvalue weighted by Crippen LogP contribution is 2.59. The van der Waals surface area contributed by atoms with Crippen LogP contribution in [0.5, 0.6) is 0 Å². The molecule has 0 aliphatic heterocycles. The molecule has 0 saturated carbocycles. The lowest BCUT2D eigenvalue weighted by atomic mass is 10.1. The SMILES string of the molecule is CC(C)=CCCC(C)=Cc1cc(C)c(COC[P+](O)(CP(=O)=O)OC(C)C)s1. The third kappa shape index (κ3) is 10.2. The van der Waals surface area contributed by atoms with Crippen LogP contribution < -0.4 is 0 Å². The Bertz CT molecular complexity index is 753. The lowest BCUT2D eigenvalue weighted by Crippen LogP contribution is -2.12. The Balaban J connectivity index is 2.69. The largest absolute Gasteiger partial charge is 0.359 e. The summed E-state index contributed by atoms with van der Waals surface area (Å²) in [6.07, 6.45) is 6.18. The van der Waals surface area contributed by atoms with Crippen molar-refractivity contribution in [2.24, 2.45) is 0 Å². The second-order valence-corrected chi connectivity index (χ2v) is 12.6. The number of ether oxygens (including phenoxy) is 1. The lowest BCUT2D eigenvalue weighted by molar-refractivity contribution is 0.134. The van der Waals surface area contributed by atoms with Crippen molar-refractivity contribution < 1.29 is 23.3 Å². The van der Waals surface area contributed by atoms with E-state index in [0.717, 1.165) is 23.3 Å². The molecule has 28 heavy (non-hydrogen) atoms. The maximum absolute atomic E-state index is 11.1. The summed E-state index contributed by atoms with van der Waals surface area (Å²) in [6, 6.07) is 2.13. The van der Waals surface area contributed by atoms with Gasteiger partial charge >= 0.3 is 15.4 Å². The highest BCUT2D eigenvalue weighted by atomic mass is 32.1. The predicted octanol–water partition coefficient (Wildman–Crippen LogP) is 7.08. The summed E-state index contributed by atoms with van der Waals surface area (Å²) in [5, 5.41) is 0. The van der Waals surface area contributed by atoms with Crippen LogP contribution in [0.1, 0.15) is 62.8 Å². The highest BCUT2D eigenvalue weighted by molar-refractivity contribution is 7.72. The van der Waals surface area contributed by atoms with Gasteiger partial charge in [-0.3, -0.25) is 0 Å². The van der Waals surface area contributed by atoms with Gasteiger partial charge < -0.3 is 4.74 Å². The molecule has 0 bridgehead atoms. The fraction of sp³-hybridized carbons (Fsp3) is 0.600. The van der Waals surface area contributed by atoms with Crippen molar-refractivity contribution in [3.8, 4) is 0 Å². The number of aryl methyl sites for hydroxylation is 1. The van der Waals surface area contributed by atoms with Crippen molar-refractivity contribution in [3.63, 3.8) is 0 Å². The third-order valence-corrected chi connectivity index (χ3v) is 9.04. The van der Waals surface area contributed by atoms with Gasteiger partial charge in [-0.15, -0.1) is 11.3 Å². The molecule has 0 saturated heterocycles. The average molecular weight is 447 g/mol. The minimum absolute atomic E-state index is 0.0846. The minimum atomic E-state index is -3.10. The molecule has 0 fully saturated rings. The zero-order valence-electron chi connectivity index (χ0n) is 17.7. The molecular weight excluding hydrogens is 414 g/mol. The average Bonchev–Trinajstić information content (AvgIpc) is 2.84. The van der Waals surface area contributed by atoms with E-state index in [2.05, 4.69) is 39.0 Å². The Hall–Kier alpha value is -0.610. The maximum Gasteiger partial charge on any atom is 0.359 e. The molecule has 0 aromatic carbocycles. The van der Waals surface area contributed by atoms with E-state index in [1.807, 2.05) is 6.92 Å². The topological polar surface area (TPSA) is 72.8 Å². The van der Waals surface area contributed by atoms with E-state index in [0.29, 0.717) is 6.61 Å². The van der Waals surface area contributed by atoms with Crippen LogP contribution in [-0.4, -0.2) is 23.2 Å². The van der Waals surface area contributed by atoms with Crippen LogP contribution in [0.25, 0.3) is 6.08 Å². The molecule has 1 N–H and O–H groups in total. The van der Waals surface area contributed by atoms with Gasteiger partial charge in [-0.25, -0.2) is 18.5 Å². The van der Waals surface area contributed by atoms with E-state index >= 15 is 0 Å². The van der Waals surface area contributed by atoms with Crippen molar-refractivity contribution in [1.29, 1.82) is 0 Å². The highest BCUT2D eigenvalue weighted by Gasteiger charge is 2.42. The summed E-state index contributed by atoms with van der Waals surface area (Å²) >= 11 is 1.66. The van der Waals surface area contributed by atoms with Crippen molar-refractivity contribution >= 4 is 32.8 Å². The van der Waals surface area contributed by atoms with Crippen LogP contribution in [0, 0.1) is 6.92 Å². The molecule has 1 unspecified atom stereocenters. The first-order valence-corrected chi connectivity index (χ1v) is 13.6. The van der Waals surface area contributed by atoms with E-state index < -0.39 is 15.4 Å². The zero-order chi connectivity index (χ0) is 21.3. The monoisotopic (exact) mass is 447 g/mol. The number of thiophene rings is 1. The fourth-order valence-corrected chi connectivity index (χ4v) is 7.02. The van der Waals surface area contributed by atoms with Gasteiger partial charge in [-0.2, -0.15) is 0 Å². The first kappa shape index (κ1) is 25.4. The molecule has 0 aliphatic carbocycles. The van der Waals surface area contributed by atoms with Gasteiger partial charge in [0, 0.05) is 9.75 Å². The summed E-state index contributed by atoms with van der Waals surface area (Å²) < 4.78 is 33.3. The van der Waals surface area contributed by atoms with Gasteiger partial charge in [-0.05, 0) is 72.1 Å². The predicted molar refractivity (Wildman–Crippen MR) is 120 cm³/mol. The number of allylic oxidation sites excluding steroid dienone is 3. The molecule has 0 radical (unpaired) electrons. The molecular formula is C20H33O5P2S+. The number of hydrogen-bond acceptors (Lipinski definition) is 6. The number of rotatable bonds is 12. The Morgan fingerprint density at radius 1 is 1.32 bits per heavy atom. The van der Waals surface area contributed by atoms with Crippen LogP contribution >= 0.6 is 26.7 Å². The molecule has 0 amide bonds. The summed E-state index contributed by atoms with van der Waals surface area (Å²) in [5.74, 6) is -0.372. The van der Waals surface area contributed by atoms with Crippen molar-refractivity contribution in [2.75, 3.05) is 12.3 Å². The van der Waals surface area contributed by atoms with Crippen LogP contribution in [-0.2, 0) is 25.0 Å². The van der Waals surface area contributed by atoms with Gasteiger partial charge in [0.05, 0.1) is 12.7 Å². The number of hydrogen-bond donors (Lipinski definition) is 1. The van der Waals surface area contributed by atoms with E-state index in [4.69, 9.17) is 9.26 Å². The standard InChI is InChI=1S/C20H33O5P2S/c1-15(2)8-7-9-17(5)10-19-11-18(6)20(28-19)12-24-13-27(23,14-26(21)22)25-16(3)4/h8,10-11,16,23H,7,9,12-14H2,1-6H3/q+1. The summed E-state index contributed by atoms with van der Waals surface area (Å²) in [5.41, 5.74) is 3.80. The lowest BCUT2D eigenvalue weighted by Gasteiger charge is -2.18. The van der Waals surface area contributed by atoms with Crippen LogP contribution in [0.3, 0.4) is 0 Å². The molecule has 5 nitrogen and oxygen atoms in total. The molecule has 1 heterocycles. The van der Waals surface area contributed by atoms with Crippen molar-refractivity contribution in [3.05, 3.63) is 38.6 Å². The smallest absolute Gasteiger partial charge is 0.336 e. The molecule has 1 aromatic rings. The second kappa shape index (κ2) is 12.2. The van der Waals surface area contributed by atoms with Crippen molar-refractivity contribution in [1.82, 2.24) is 0 Å². The Morgan fingerprint density at radius 2 is 2.00 bits per heavy atom. The van der Waals surface area contributed by atoms with E-state index in [1.165, 1.54) is 16.0 Å². The first-order valence-electron chi connectivity index (χ1n) is 9.38. The quantitative estimate of drug-likeness (QED) is 0.274. The van der Waals surface area contributed by atoms with Crippen LogP contribution in [0.2, 0.25) is 0 Å². The molecule has 0 aliphatic rings. The summed E-state index contributed by atoms with van der Waals surface area (Å²) in [7, 11) is -5.83. The van der Waals surface area contributed by atoms with Gasteiger partial charge in [0.25, 0.3) is 0 Å². The third-order valence-electron chi connectivity index (χ3n) is 3.79. The Morgan fingerprint density at radius 3 is 2.57 bits per heavy atom. The molecule has 0 spiro atoms. The normalized spacial score (nSPS) is 14.2. The Labute approximate surface area is 174 Å². The fourth-order valence-electron chi connectivity index (χ4n) is 2.62. The van der Waals surface area contributed by atoms with Gasteiger partial charge in [0.15, 0.2) is 0 Å². The van der Waals surface area contributed by atoms with E-state index in [9.17, 15) is 14.0 Å². The summed E-state index contributed by atoms with van der Waals surface area (Å²) in [4.78, 5) is 12.8. The molecule has 1 rings (SSSR count). The molecule has 1 aromatic heterocycles. The molecule has 1 atom stereocenters. The minimum Gasteiger partial charge on any atom is -0.336 e. The molecule has 8 heteroatoms. The van der Waals surface area contributed by atoms with E-state index in [-0.39, 0.29) is 18.4 Å². The van der Waals surface area contributed by atoms with E-state index in [1.54, 1.807) is 25.2 Å². The van der Waals surface area contributed by atoms with Crippen LogP contribution in [0.4, 0.5) is 0 Å². The van der Waals surface area contributed by atoms with Gasteiger partial charge in [-0.1, -0.05) is 17.2 Å². The maximum atomic E-state index is 11.1. The summed E-state index contributed by atoms with van der Waals surface area (Å²) in [6.45, 7) is 12.3. The van der Waals surface area contributed by atoms with Gasteiger partial charge in [0.2, 0.25) is 12.3 Å². The molecule has 158 valence electrons. The Kier molecular flexibility index (Phi) is 11.1. The first-order chi connectivity index (χ1) is 13.0. The zero-order valence-corrected chi connectivity index (χ0v) is 20.3. The van der Waals surface area contributed by atoms with Crippen molar-refractivity contribution in [2.45, 2.75) is 67.1 Å². The van der Waals surface area contributed by atoms with Crippen LogP contribution in [0.15, 0.2) is 23.3 Å².